The summed E-state index contributed by atoms with van der Waals surface area (Å²) in [6, 6.07) is 14.7. The van der Waals surface area contributed by atoms with Gasteiger partial charge in [-0.15, -0.1) is 0 Å². The largest absolute Gasteiger partial charge is 0.372 e. The molecule has 5 heteroatoms. The van der Waals surface area contributed by atoms with Gasteiger partial charge in [-0.25, -0.2) is 4.39 Å². The van der Waals surface area contributed by atoms with Gasteiger partial charge in [-0.2, -0.15) is 0 Å². The second kappa shape index (κ2) is 8.62. The molecular formula is C20H24FN3O. The molecule has 2 N–H and O–H groups in total. The zero-order valence-corrected chi connectivity index (χ0v) is 14.3. The summed E-state index contributed by atoms with van der Waals surface area (Å²) in [5, 5.41) is 5.93. The molecular weight excluding hydrogens is 317 g/mol. The van der Waals surface area contributed by atoms with E-state index in [1.807, 2.05) is 30.3 Å². The summed E-state index contributed by atoms with van der Waals surface area (Å²) in [5.74, 6) is -0.297. The number of hydrogen-bond donors (Lipinski definition) is 2. The third kappa shape index (κ3) is 5.03. The molecule has 0 aromatic heterocycles. The van der Waals surface area contributed by atoms with Gasteiger partial charge >= 0.3 is 0 Å². The van der Waals surface area contributed by atoms with Crippen LogP contribution in [0.2, 0.25) is 0 Å². The van der Waals surface area contributed by atoms with Crippen LogP contribution in [-0.4, -0.2) is 32.1 Å². The van der Waals surface area contributed by atoms with E-state index >= 15 is 0 Å². The van der Waals surface area contributed by atoms with Crippen molar-refractivity contribution in [2.45, 2.75) is 19.3 Å². The van der Waals surface area contributed by atoms with E-state index in [-0.39, 0.29) is 18.3 Å². The van der Waals surface area contributed by atoms with Crippen LogP contribution in [0.4, 0.5) is 15.8 Å². The van der Waals surface area contributed by atoms with E-state index in [1.54, 1.807) is 12.1 Å². The average molecular weight is 341 g/mol. The molecule has 1 fully saturated rings. The van der Waals surface area contributed by atoms with Gasteiger partial charge in [0.15, 0.2) is 0 Å². The van der Waals surface area contributed by atoms with Gasteiger partial charge < -0.3 is 15.5 Å². The van der Waals surface area contributed by atoms with Gasteiger partial charge in [-0.05, 0) is 61.7 Å². The first kappa shape index (κ1) is 17.4. The molecule has 1 amide bonds. The molecule has 1 heterocycles. The number of rotatable bonds is 7. The fraction of sp³-hybridized carbons (Fsp3) is 0.350. The maximum Gasteiger partial charge on any atom is 0.238 e. The van der Waals surface area contributed by atoms with Gasteiger partial charge in [0, 0.05) is 24.5 Å². The summed E-state index contributed by atoms with van der Waals surface area (Å²) >= 11 is 0. The van der Waals surface area contributed by atoms with Crippen LogP contribution in [0.25, 0.3) is 0 Å². The second-order valence-corrected chi connectivity index (χ2v) is 6.31. The fourth-order valence-electron chi connectivity index (χ4n) is 3.06. The highest BCUT2D eigenvalue weighted by molar-refractivity contribution is 5.92. The smallest absolute Gasteiger partial charge is 0.238 e. The molecule has 1 aliphatic heterocycles. The van der Waals surface area contributed by atoms with Gasteiger partial charge in [0.1, 0.15) is 5.82 Å². The Hall–Kier alpha value is -2.40. The Morgan fingerprint density at radius 3 is 2.48 bits per heavy atom. The third-order valence-electron chi connectivity index (χ3n) is 4.44. The number of carbonyl (C=O) groups is 1. The van der Waals surface area contributed by atoms with Crippen LogP contribution in [0, 0.1) is 5.82 Å². The minimum Gasteiger partial charge on any atom is -0.372 e. The van der Waals surface area contributed by atoms with Crippen molar-refractivity contribution >= 4 is 17.3 Å². The summed E-state index contributed by atoms with van der Waals surface area (Å²) < 4.78 is 13.5. The van der Waals surface area contributed by atoms with E-state index in [0.29, 0.717) is 18.5 Å². The Bertz CT molecular complexity index is 696. The molecule has 4 nitrogen and oxygen atoms in total. The van der Waals surface area contributed by atoms with Crippen LogP contribution in [0.15, 0.2) is 48.5 Å². The number of anilines is 2. The molecule has 0 radical (unpaired) electrons. The maximum atomic E-state index is 13.5. The molecule has 0 aliphatic carbocycles. The molecule has 1 aliphatic rings. The zero-order valence-electron chi connectivity index (χ0n) is 14.3. The van der Waals surface area contributed by atoms with Crippen molar-refractivity contribution in [3.8, 4) is 0 Å². The number of hydrogen-bond acceptors (Lipinski definition) is 3. The summed E-state index contributed by atoms with van der Waals surface area (Å²) in [6.45, 7) is 2.99. The van der Waals surface area contributed by atoms with Crippen molar-refractivity contribution in [1.29, 1.82) is 0 Å². The standard InChI is InChI=1S/C20H24FN3O/c21-19-6-2-1-5-16(19)11-12-22-15-20(25)23-17-7-9-18(10-8-17)24-13-3-4-14-24/h1-2,5-10,22H,3-4,11-15H2,(H,23,25). The third-order valence-corrected chi connectivity index (χ3v) is 4.44. The molecule has 2 aromatic rings. The van der Waals surface area contributed by atoms with Gasteiger partial charge in [0.05, 0.1) is 6.54 Å². The summed E-state index contributed by atoms with van der Waals surface area (Å²) in [5.41, 5.74) is 2.66. The lowest BCUT2D eigenvalue weighted by Gasteiger charge is -2.17. The van der Waals surface area contributed by atoms with E-state index in [0.717, 1.165) is 18.8 Å². The monoisotopic (exact) mass is 341 g/mol. The first-order valence-corrected chi connectivity index (χ1v) is 8.81. The topological polar surface area (TPSA) is 44.4 Å². The zero-order chi connectivity index (χ0) is 17.5. The fourth-order valence-corrected chi connectivity index (χ4v) is 3.06. The minimum absolute atomic E-state index is 0.0949. The number of carbonyl (C=O) groups excluding carboxylic acids is 1. The number of amides is 1. The van der Waals surface area contributed by atoms with Crippen LogP contribution in [-0.2, 0) is 11.2 Å². The average Bonchev–Trinajstić information content (AvgIpc) is 3.15. The van der Waals surface area contributed by atoms with E-state index in [4.69, 9.17) is 0 Å². The Balaban J connectivity index is 1.39. The van der Waals surface area contributed by atoms with Crippen molar-refractivity contribution in [1.82, 2.24) is 5.32 Å². The van der Waals surface area contributed by atoms with Crippen LogP contribution in [0.5, 0.6) is 0 Å². The van der Waals surface area contributed by atoms with Crippen molar-refractivity contribution < 1.29 is 9.18 Å². The van der Waals surface area contributed by atoms with Gasteiger partial charge in [0.25, 0.3) is 0 Å². The number of nitrogens with one attached hydrogen (secondary N) is 2. The molecule has 0 atom stereocenters. The highest BCUT2D eigenvalue weighted by atomic mass is 19.1. The predicted molar refractivity (Wildman–Crippen MR) is 99.5 cm³/mol. The lowest BCUT2D eigenvalue weighted by atomic mass is 10.1. The Labute approximate surface area is 148 Å². The summed E-state index contributed by atoms with van der Waals surface area (Å²) in [6.07, 6.45) is 3.05. The molecule has 132 valence electrons. The summed E-state index contributed by atoms with van der Waals surface area (Å²) in [4.78, 5) is 14.3. The number of halogens is 1. The molecule has 0 spiro atoms. The number of nitrogens with zero attached hydrogens (tertiary/aromatic N) is 1. The van der Waals surface area contributed by atoms with Crippen molar-refractivity contribution in [3.63, 3.8) is 0 Å². The molecule has 0 unspecified atom stereocenters. The molecule has 0 saturated carbocycles. The summed E-state index contributed by atoms with van der Waals surface area (Å²) in [7, 11) is 0. The van der Waals surface area contributed by atoms with Gasteiger partial charge in [0.2, 0.25) is 5.91 Å². The first-order valence-electron chi connectivity index (χ1n) is 8.81. The van der Waals surface area contributed by atoms with Crippen molar-refractivity contribution in [3.05, 3.63) is 59.9 Å². The van der Waals surface area contributed by atoms with Crippen molar-refractivity contribution in [2.24, 2.45) is 0 Å². The van der Waals surface area contributed by atoms with Gasteiger partial charge in [-0.1, -0.05) is 18.2 Å². The highest BCUT2D eigenvalue weighted by Crippen LogP contribution is 2.21. The van der Waals surface area contributed by atoms with E-state index in [9.17, 15) is 9.18 Å². The minimum atomic E-state index is -0.202. The van der Waals surface area contributed by atoms with E-state index < -0.39 is 0 Å². The SMILES string of the molecule is O=C(CNCCc1ccccc1F)Nc1ccc(N2CCCC2)cc1. The number of benzene rings is 2. The quantitative estimate of drug-likeness (QED) is 0.760. The second-order valence-electron chi connectivity index (χ2n) is 6.31. The highest BCUT2D eigenvalue weighted by Gasteiger charge is 2.12. The normalized spacial score (nSPS) is 13.9. The molecule has 3 rings (SSSR count). The van der Waals surface area contributed by atoms with E-state index in [1.165, 1.54) is 24.6 Å². The molecule has 0 bridgehead atoms. The lowest BCUT2D eigenvalue weighted by Crippen LogP contribution is -2.29. The molecule has 1 saturated heterocycles. The first-order chi connectivity index (χ1) is 12.2. The van der Waals surface area contributed by atoms with Crippen molar-refractivity contribution in [2.75, 3.05) is 36.4 Å². The van der Waals surface area contributed by atoms with Gasteiger partial charge in [-0.3, -0.25) is 4.79 Å². The molecule has 25 heavy (non-hydrogen) atoms. The predicted octanol–water partition coefficient (Wildman–Crippen LogP) is 3.20. The molecule has 2 aromatic carbocycles. The van der Waals surface area contributed by atoms with Crippen LogP contribution in [0.1, 0.15) is 18.4 Å². The maximum absolute atomic E-state index is 13.5. The van der Waals surface area contributed by atoms with E-state index in [2.05, 4.69) is 15.5 Å². The van der Waals surface area contributed by atoms with Crippen LogP contribution in [0.3, 0.4) is 0 Å². The Morgan fingerprint density at radius 1 is 1.04 bits per heavy atom. The van der Waals surface area contributed by atoms with Crippen LogP contribution >= 0.6 is 0 Å². The Morgan fingerprint density at radius 2 is 1.76 bits per heavy atom. The Kier molecular flexibility index (Phi) is 6.01. The van der Waals surface area contributed by atoms with Crippen LogP contribution < -0.4 is 15.5 Å². The lowest BCUT2D eigenvalue weighted by molar-refractivity contribution is -0.115.